The van der Waals surface area contributed by atoms with E-state index < -0.39 is 6.10 Å². The number of rotatable bonds is 2. The summed E-state index contributed by atoms with van der Waals surface area (Å²) in [5.41, 5.74) is 1.70. The Bertz CT molecular complexity index is 1060. The number of hydrogen-bond acceptors (Lipinski definition) is 6. The van der Waals surface area contributed by atoms with E-state index in [9.17, 15) is 14.7 Å². The molecule has 0 aliphatic carbocycles. The van der Waals surface area contributed by atoms with Crippen LogP contribution in [0.5, 0.6) is 5.75 Å². The Kier molecular flexibility index (Phi) is 3.41. The van der Waals surface area contributed by atoms with Gasteiger partial charge in [-0.1, -0.05) is 0 Å². The van der Waals surface area contributed by atoms with E-state index in [0.29, 0.717) is 42.3 Å². The van der Waals surface area contributed by atoms with Crippen molar-refractivity contribution < 1.29 is 14.6 Å². The van der Waals surface area contributed by atoms with Crippen molar-refractivity contribution >= 4 is 27.3 Å². The van der Waals surface area contributed by atoms with Gasteiger partial charge in [-0.3, -0.25) is 14.7 Å². The Labute approximate surface area is 151 Å². The molecule has 26 heavy (non-hydrogen) atoms. The molecule has 0 aromatic carbocycles. The molecule has 3 aromatic rings. The van der Waals surface area contributed by atoms with E-state index in [1.165, 1.54) is 11.3 Å². The summed E-state index contributed by atoms with van der Waals surface area (Å²) in [6.45, 7) is 1.12. The van der Waals surface area contributed by atoms with Gasteiger partial charge in [0, 0.05) is 30.2 Å². The van der Waals surface area contributed by atoms with Crippen LogP contribution < -0.4 is 10.3 Å². The molecule has 3 N–H and O–H groups in total. The maximum Gasteiger partial charge on any atom is 0.270 e. The molecule has 9 heteroatoms. The molecule has 5 heterocycles. The molecule has 0 bridgehead atoms. The lowest BCUT2D eigenvalue weighted by molar-refractivity contribution is 0.00542. The first-order valence-electron chi connectivity index (χ1n) is 8.44. The molecule has 1 fully saturated rings. The third-order valence-corrected chi connectivity index (χ3v) is 6.07. The minimum atomic E-state index is -0.485. The molecule has 0 saturated carbocycles. The Morgan fingerprint density at radius 1 is 1.42 bits per heavy atom. The highest BCUT2D eigenvalue weighted by atomic mass is 32.1. The first kappa shape index (κ1) is 15.6. The van der Waals surface area contributed by atoms with Gasteiger partial charge >= 0.3 is 0 Å². The van der Waals surface area contributed by atoms with Crippen LogP contribution in [0.3, 0.4) is 0 Å². The summed E-state index contributed by atoms with van der Waals surface area (Å²) in [5, 5.41) is 17.0. The number of nitrogens with one attached hydrogen (secondary N) is 2. The zero-order chi connectivity index (χ0) is 17.8. The highest BCUT2D eigenvalue weighted by Gasteiger charge is 2.33. The smallest absolute Gasteiger partial charge is 0.270 e. The number of H-pyrrole nitrogens is 2. The Hall–Kier alpha value is -2.65. The molecule has 1 amide bonds. The van der Waals surface area contributed by atoms with E-state index in [1.807, 2.05) is 0 Å². The summed E-state index contributed by atoms with van der Waals surface area (Å²) in [7, 11) is 0. The fraction of sp³-hybridized carbons (Fsp3) is 0.353. The maximum absolute atomic E-state index is 12.8. The van der Waals surface area contributed by atoms with Gasteiger partial charge in [-0.2, -0.15) is 5.10 Å². The second kappa shape index (κ2) is 5.68. The number of aryl methyl sites for hydroxylation is 1. The van der Waals surface area contributed by atoms with Crippen molar-refractivity contribution in [3.8, 4) is 16.2 Å². The van der Waals surface area contributed by atoms with Crippen LogP contribution in [0.1, 0.15) is 22.5 Å². The van der Waals surface area contributed by atoms with Gasteiger partial charge in [0.2, 0.25) is 0 Å². The zero-order valence-electron chi connectivity index (χ0n) is 13.7. The lowest BCUT2D eigenvalue weighted by atomic mass is 10.0. The number of aliphatic hydroxyl groups is 1. The molecule has 0 atom stereocenters. The number of aliphatic hydroxyl groups excluding tert-OH is 1. The van der Waals surface area contributed by atoms with E-state index in [1.54, 1.807) is 17.3 Å². The van der Waals surface area contributed by atoms with Crippen molar-refractivity contribution in [2.75, 3.05) is 19.7 Å². The summed E-state index contributed by atoms with van der Waals surface area (Å²) < 4.78 is 6.54. The molecule has 0 radical (unpaired) electrons. The Balaban J connectivity index is 1.75. The van der Waals surface area contributed by atoms with Crippen LogP contribution in [0.25, 0.3) is 20.5 Å². The Morgan fingerprint density at radius 2 is 2.27 bits per heavy atom. The molecule has 8 nitrogen and oxygen atoms in total. The predicted octanol–water partition coefficient (Wildman–Crippen LogP) is 1.12. The van der Waals surface area contributed by atoms with Crippen molar-refractivity contribution in [3.05, 3.63) is 34.0 Å². The van der Waals surface area contributed by atoms with Gasteiger partial charge in [-0.05, 0) is 18.4 Å². The number of likely N-dealkylation sites (tertiary alicyclic amines) is 1. The topological polar surface area (TPSA) is 111 Å². The highest BCUT2D eigenvalue weighted by molar-refractivity contribution is 7.22. The monoisotopic (exact) mass is 372 g/mol. The van der Waals surface area contributed by atoms with Crippen molar-refractivity contribution in [3.63, 3.8) is 0 Å². The minimum Gasteiger partial charge on any atom is -0.491 e. The Morgan fingerprint density at radius 3 is 3.00 bits per heavy atom. The van der Waals surface area contributed by atoms with Gasteiger partial charge in [0.15, 0.2) is 0 Å². The molecule has 3 aromatic heterocycles. The van der Waals surface area contributed by atoms with Crippen molar-refractivity contribution in [1.29, 1.82) is 0 Å². The number of aromatic amines is 2. The standard InChI is InChI=1S/C17H16N4O4S/c22-9-6-21(7-9)17(24)12-10-2-1-3-25-13-11(10)15(16(23)20-12)26-14(13)8-4-18-19-5-8/h4-5,9,22H,1-3,6-7H2,(H,18,19)(H,20,23). The largest absolute Gasteiger partial charge is 0.491 e. The fourth-order valence-corrected chi connectivity index (χ4v) is 4.71. The summed E-state index contributed by atoms with van der Waals surface area (Å²) >= 11 is 1.35. The fourth-order valence-electron chi connectivity index (χ4n) is 3.56. The van der Waals surface area contributed by atoms with Gasteiger partial charge in [-0.15, -0.1) is 11.3 Å². The highest BCUT2D eigenvalue weighted by Crippen LogP contribution is 2.46. The third-order valence-electron chi connectivity index (χ3n) is 4.85. The molecule has 0 unspecified atom stereocenters. The van der Waals surface area contributed by atoms with Crippen LogP contribution in [-0.2, 0) is 6.42 Å². The van der Waals surface area contributed by atoms with Gasteiger partial charge in [0.25, 0.3) is 11.5 Å². The van der Waals surface area contributed by atoms with E-state index in [4.69, 9.17) is 4.74 Å². The molecule has 1 saturated heterocycles. The number of aromatic nitrogens is 3. The minimum absolute atomic E-state index is 0.242. The van der Waals surface area contributed by atoms with Crippen LogP contribution in [0.2, 0.25) is 0 Å². The number of thiophene rings is 1. The van der Waals surface area contributed by atoms with Crippen LogP contribution in [0.15, 0.2) is 17.2 Å². The van der Waals surface area contributed by atoms with E-state index in [0.717, 1.165) is 27.8 Å². The van der Waals surface area contributed by atoms with Crippen molar-refractivity contribution in [2.24, 2.45) is 0 Å². The van der Waals surface area contributed by atoms with Crippen LogP contribution in [-0.4, -0.2) is 56.9 Å². The van der Waals surface area contributed by atoms with Gasteiger partial charge in [-0.25, -0.2) is 0 Å². The number of carbonyl (C=O) groups excluding carboxylic acids is 1. The summed E-state index contributed by atoms with van der Waals surface area (Å²) in [5.74, 6) is 0.413. The average Bonchev–Trinajstić information content (AvgIpc) is 3.19. The number of hydrogen-bond donors (Lipinski definition) is 3. The number of ether oxygens (including phenoxy) is 1. The first-order chi connectivity index (χ1) is 12.6. The molecule has 2 aliphatic heterocycles. The molecule has 134 valence electrons. The lowest BCUT2D eigenvalue weighted by Crippen LogP contribution is -2.54. The molecular weight excluding hydrogens is 356 g/mol. The third kappa shape index (κ3) is 2.20. The number of carbonyl (C=O) groups is 1. The number of β-amino-alcohol motifs (C(OH)–C–C–N with tert-alkyl or cyclic N) is 1. The quantitative estimate of drug-likeness (QED) is 0.624. The molecular formula is C17H16N4O4S. The second-order valence-electron chi connectivity index (χ2n) is 6.58. The summed E-state index contributed by atoms with van der Waals surface area (Å²) in [6, 6.07) is 0. The number of pyridine rings is 1. The number of amides is 1. The van der Waals surface area contributed by atoms with Gasteiger partial charge in [0.1, 0.15) is 16.1 Å². The predicted molar refractivity (Wildman–Crippen MR) is 95.8 cm³/mol. The normalized spacial score (nSPS) is 17.0. The average molecular weight is 372 g/mol. The van der Waals surface area contributed by atoms with E-state index in [-0.39, 0.29) is 11.5 Å². The van der Waals surface area contributed by atoms with Crippen LogP contribution in [0, 0.1) is 0 Å². The van der Waals surface area contributed by atoms with Crippen molar-refractivity contribution in [1.82, 2.24) is 20.1 Å². The molecule has 5 rings (SSSR count). The van der Waals surface area contributed by atoms with Crippen molar-refractivity contribution in [2.45, 2.75) is 18.9 Å². The van der Waals surface area contributed by atoms with Gasteiger partial charge in [0.05, 0.1) is 23.8 Å². The van der Waals surface area contributed by atoms with E-state index >= 15 is 0 Å². The molecule has 0 spiro atoms. The number of nitrogens with zero attached hydrogens (tertiary/aromatic N) is 2. The van der Waals surface area contributed by atoms with Crippen LogP contribution in [0.4, 0.5) is 0 Å². The summed E-state index contributed by atoms with van der Waals surface area (Å²) in [4.78, 5) is 30.7. The summed E-state index contributed by atoms with van der Waals surface area (Å²) in [6.07, 6.45) is 4.38. The van der Waals surface area contributed by atoms with Crippen LogP contribution >= 0.6 is 11.3 Å². The lowest BCUT2D eigenvalue weighted by Gasteiger charge is -2.36. The van der Waals surface area contributed by atoms with Gasteiger partial charge < -0.3 is 19.7 Å². The van der Waals surface area contributed by atoms with E-state index in [2.05, 4.69) is 15.2 Å². The SMILES string of the molecule is O=C(c1[nH]c(=O)c2sc(-c3cn[nH]c3)c3c2c1CCCO3)N1CC(O)C1. The maximum atomic E-state index is 12.8. The molecule has 2 aliphatic rings. The second-order valence-corrected chi connectivity index (χ2v) is 7.60. The first-order valence-corrected chi connectivity index (χ1v) is 9.26. The zero-order valence-corrected chi connectivity index (χ0v) is 14.6.